The van der Waals surface area contributed by atoms with Crippen LogP contribution >= 0.6 is 23.2 Å². The molecule has 2 nitrogen and oxygen atoms in total. The average molecular weight is 300 g/mol. The minimum atomic E-state index is -1.28. The van der Waals surface area contributed by atoms with Crippen LogP contribution < -0.4 is 0 Å². The Morgan fingerprint density at radius 2 is 1.84 bits per heavy atom. The minimum absolute atomic E-state index is 0.199. The van der Waals surface area contributed by atoms with Gasteiger partial charge in [-0.05, 0) is 36.8 Å². The zero-order chi connectivity index (χ0) is 14.0. The summed E-state index contributed by atoms with van der Waals surface area (Å²) >= 11 is 12.1. The summed E-state index contributed by atoms with van der Waals surface area (Å²) in [4.78, 5) is 3.89. The van der Waals surface area contributed by atoms with Crippen molar-refractivity contribution in [2.24, 2.45) is 0 Å². The van der Waals surface area contributed by atoms with Gasteiger partial charge in [0.1, 0.15) is 11.4 Å². The second-order valence-electron chi connectivity index (χ2n) is 4.51. The summed E-state index contributed by atoms with van der Waals surface area (Å²) in [5.74, 6) is -0.449. The van der Waals surface area contributed by atoms with Gasteiger partial charge < -0.3 is 5.11 Å². The fraction of sp³-hybridized carbons (Fsp3) is 0.214. The Labute approximate surface area is 120 Å². The van der Waals surface area contributed by atoms with Crippen molar-refractivity contribution in [1.82, 2.24) is 4.98 Å². The number of pyridine rings is 1. The molecule has 0 aliphatic carbocycles. The van der Waals surface area contributed by atoms with E-state index in [0.29, 0.717) is 21.3 Å². The molecule has 0 saturated carbocycles. The first-order valence-corrected chi connectivity index (χ1v) is 6.43. The maximum Gasteiger partial charge on any atom is 0.141 e. The number of halogens is 3. The Kier molecular flexibility index (Phi) is 4.09. The van der Waals surface area contributed by atoms with Gasteiger partial charge in [-0.25, -0.2) is 4.39 Å². The number of benzene rings is 1. The molecule has 5 heteroatoms. The normalized spacial score (nSPS) is 14.2. The number of hydrogen-bond acceptors (Lipinski definition) is 2. The number of hydrogen-bond donors (Lipinski definition) is 1. The molecule has 0 spiro atoms. The van der Waals surface area contributed by atoms with E-state index in [1.165, 1.54) is 12.1 Å². The monoisotopic (exact) mass is 299 g/mol. The number of nitrogens with zero attached hydrogens (tertiary/aromatic N) is 1. The van der Waals surface area contributed by atoms with E-state index in [4.69, 9.17) is 23.2 Å². The van der Waals surface area contributed by atoms with Crippen molar-refractivity contribution < 1.29 is 9.50 Å². The van der Waals surface area contributed by atoms with Gasteiger partial charge in [0.05, 0.1) is 11.9 Å². The molecule has 0 fully saturated rings. The number of rotatable bonds is 3. The van der Waals surface area contributed by atoms with Gasteiger partial charge in [0.25, 0.3) is 0 Å². The Morgan fingerprint density at radius 1 is 1.21 bits per heavy atom. The van der Waals surface area contributed by atoms with E-state index >= 15 is 0 Å². The Balaban J connectivity index is 2.33. The quantitative estimate of drug-likeness (QED) is 0.930. The third-order valence-electron chi connectivity index (χ3n) is 2.86. The minimum Gasteiger partial charge on any atom is -0.383 e. The van der Waals surface area contributed by atoms with E-state index in [1.807, 2.05) is 0 Å². The predicted molar refractivity (Wildman–Crippen MR) is 73.9 cm³/mol. The number of aromatic nitrogens is 1. The molecule has 0 aliphatic rings. The van der Waals surface area contributed by atoms with Crippen LogP contribution in [0.1, 0.15) is 18.2 Å². The Morgan fingerprint density at radius 3 is 2.37 bits per heavy atom. The lowest BCUT2D eigenvalue weighted by Crippen LogP contribution is -2.26. The van der Waals surface area contributed by atoms with Crippen LogP contribution in [0.15, 0.2) is 36.5 Å². The van der Waals surface area contributed by atoms with Gasteiger partial charge in [-0.2, -0.15) is 0 Å². The van der Waals surface area contributed by atoms with Gasteiger partial charge in [0.15, 0.2) is 0 Å². The molecule has 1 atom stereocenters. The SMILES string of the molecule is CC(O)(Cc1c(Cl)cccc1Cl)c1ccc(F)cn1. The largest absolute Gasteiger partial charge is 0.383 e. The van der Waals surface area contributed by atoms with Crippen LogP contribution in [-0.4, -0.2) is 10.1 Å². The van der Waals surface area contributed by atoms with E-state index in [0.717, 1.165) is 6.20 Å². The molecule has 100 valence electrons. The molecular weight excluding hydrogens is 288 g/mol. The van der Waals surface area contributed by atoms with Crippen LogP contribution in [0.5, 0.6) is 0 Å². The highest BCUT2D eigenvalue weighted by molar-refractivity contribution is 6.36. The van der Waals surface area contributed by atoms with Gasteiger partial charge in [-0.15, -0.1) is 0 Å². The maximum atomic E-state index is 12.8. The summed E-state index contributed by atoms with van der Waals surface area (Å²) in [5.41, 5.74) is -0.269. The van der Waals surface area contributed by atoms with Crippen molar-refractivity contribution >= 4 is 23.2 Å². The summed E-state index contributed by atoms with van der Waals surface area (Å²) in [7, 11) is 0. The lowest BCUT2D eigenvalue weighted by atomic mass is 9.92. The lowest BCUT2D eigenvalue weighted by Gasteiger charge is -2.23. The summed E-state index contributed by atoms with van der Waals surface area (Å²) < 4.78 is 12.8. The van der Waals surface area contributed by atoms with E-state index < -0.39 is 11.4 Å². The molecule has 2 rings (SSSR count). The fourth-order valence-corrected chi connectivity index (χ4v) is 2.36. The second kappa shape index (κ2) is 5.45. The highest BCUT2D eigenvalue weighted by Gasteiger charge is 2.27. The first-order chi connectivity index (χ1) is 8.90. The number of aliphatic hydroxyl groups is 1. The zero-order valence-corrected chi connectivity index (χ0v) is 11.7. The van der Waals surface area contributed by atoms with Gasteiger partial charge >= 0.3 is 0 Å². The molecule has 1 unspecified atom stereocenters. The highest BCUT2D eigenvalue weighted by Crippen LogP contribution is 2.31. The third kappa shape index (κ3) is 3.24. The summed E-state index contributed by atoms with van der Waals surface area (Å²) in [6.45, 7) is 1.59. The molecule has 1 heterocycles. The first-order valence-electron chi connectivity index (χ1n) is 5.67. The molecule has 19 heavy (non-hydrogen) atoms. The van der Waals surface area contributed by atoms with Crippen LogP contribution in [0.2, 0.25) is 10.0 Å². The highest BCUT2D eigenvalue weighted by atomic mass is 35.5. The molecule has 0 radical (unpaired) electrons. The standard InChI is InChI=1S/C14H12Cl2FNO/c1-14(19,13-6-5-9(17)8-18-13)7-10-11(15)3-2-4-12(10)16/h2-6,8,19H,7H2,1H3. The molecule has 0 amide bonds. The van der Waals surface area contributed by atoms with Crippen molar-refractivity contribution in [2.75, 3.05) is 0 Å². The van der Waals surface area contributed by atoms with E-state index in [9.17, 15) is 9.50 Å². The molecule has 0 bridgehead atoms. The average Bonchev–Trinajstić information content (AvgIpc) is 2.35. The Hall–Kier alpha value is -1.16. The lowest BCUT2D eigenvalue weighted by molar-refractivity contribution is 0.0529. The van der Waals surface area contributed by atoms with Crippen LogP contribution in [-0.2, 0) is 12.0 Å². The topological polar surface area (TPSA) is 33.1 Å². The van der Waals surface area contributed by atoms with Crippen molar-refractivity contribution in [3.63, 3.8) is 0 Å². The molecule has 2 aromatic rings. The van der Waals surface area contributed by atoms with Crippen molar-refractivity contribution in [3.8, 4) is 0 Å². The zero-order valence-electron chi connectivity index (χ0n) is 10.2. The summed E-state index contributed by atoms with van der Waals surface area (Å²) in [6, 6.07) is 7.85. The van der Waals surface area contributed by atoms with Gasteiger partial charge in [0, 0.05) is 16.5 Å². The van der Waals surface area contributed by atoms with E-state index in [2.05, 4.69) is 4.98 Å². The van der Waals surface area contributed by atoms with Crippen LogP contribution in [0.3, 0.4) is 0 Å². The predicted octanol–water partition coefficient (Wildman–Crippen LogP) is 3.98. The molecule has 1 aromatic carbocycles. The van der Waals surface area contributed by atoms with Gasteiger partial charge in [-0.1, -0.05) is 29.3 Å². The van der Waals surface area contributed by atoms with Gasteiger partial charge in [-0.3, -0.25) is 4.98 Å². The van der Waals surface area contributed by atoms with Crippen molar-refractivity contribution in [3.05, 3.63) is 63.6 Å². The van der Waals surface area contributed by atoms with Crippen LogP contribution in [0, 0.1) is 5.82 Å². The van der Waals surface area contributed by atoms with E-state index in [-0.39, 0.29) is 6.42 Å². The Bertz CT molecular complexity index is 564. The smallest absolute Gasteiger partial charge is 0.141 e. The van der Waals surface area contributed by atoms with Crippen LogP contribution in [0.4, 0.5) is 4.39 Å². The molecule has 1 N–H and O–H groups in total. The second-order valence-corrected chi connectivity index (χ2v) is 5.33. The summed E-state index contributed by atoms with van der Waals surface area (Å²) in [5, 5.41) is 11.4. The third-order valence-corrected chi connectivity index (χ3v) is 3.57. The van der Waals surface area contributed by atoms with Crippen molar-refractivity contribution in [1.29, 1.82) is 0 Å². The fourth-order valence-electron chi connectivity index (χ4n) is 1.83. The molecule has 0 aliphatic heterocycles. The maximum absolute atomic E-state index is 12.8. The van der Waals surface area contributed by atoms with E-state index in [1.54, 1.807) is 25.1 Å². The molecule has 0 saturated heterocycles. The van der Waals surface area contributed by atoms with Crippen LogP contribution in [0.25, 0.3) is 0 Å². The summed E-state index contributed by atoms with van der Waals surface area (Å²) in [6.07, 6.45) is 1.27. The molecule has 1 aromatic heterocycles. The van der Waals surface area contributed by atoms with Crippen molar-refractivity contribution in [2.45, 2.75) is 18.9 Å². The first kappa shape index (κ1) is 14.3. The molecular formula is C14H12Cl2FNO. The van der Waals surface area contributed by atoms with Gasteiger partial charge in [0.2, 0.25) is 0 Å².